The van der Waals surface area contributed by atoms with Gasteiger partial charge in [0, 0.05) is 6.54 Å². The van der Waals surface area contributed by atoms with Gasteiger partial charge in [0.05, 0.1) is 0 Å². The summed E-state index contributed by atoms with van der Waals surface area (Å²) in [7, 11) is 0. The van der Waals surface area contributed by atoms with Crippen molar-refractivity contribution in [3.63, 3.8) is 0 Å². The molecule has 2 aliphatic rings. The molecule has 1 amide bonds. The van der Waals surface area contributed by atoms with E-state index in [1.54, 1.807) is 0 Å². The Bertz CT molecular complexity index is 348. The molecule has 0 saturated heterocycles. The van der Waals surface area contributed by atoms with E-state index in [2.05, 4.69) is 0 Å². The molecule has 0 spiro atoms. The minimum absolute atomic E-state index is 0.0955. The van der Waals surface area contributed by atoms with Crippen LogP contribution in [-0.2, 0) is 19.1 Å². The van der Waals surface area contributed by atoms with Crippen molar-refractivity contribution >= 4 is 11.9 Å². The lowest BCUT2D eigenvalue weighted by Crippen LogP contribution is -2.39. The van der Waals surface area contributed by atoms with Crippen molar-refractivity contribution in [3.8, 4) is 0 Å². The average molecular weight is 241 g/mol. The Hall–Kier alpha value is -1.72. The molecule has 0 atom stereocenters. The van der Waals surface area contributed by atoms with Crippen LogP contribution >= 0.6 is 0 Å². The summed E-state index contributed by atoms with van der Waals surface area (Å²) < 4.78 is 10.2. The van der Waals surface area contributed by atoms with E-state index in [0.29, 0.717) is 25.7 Å². The van der Waals surface area contributed by atoms with E-state index < -0.39 is 11.9 Å². The maximum atomic E-state index is 12.0. The van der Waals surface area contributed by atoms with Crippen LogP contribution < -0.4 is 0 Å². The number of carbonyl (C=O) groups excluding carboxylic acids is 1. The summed E-state index contributed by atoms with van der Waals surface area (Å²) in [6, 6.07) is 0. The molecule has 1 aliphatic heterocycles. The van der Waals surface area contributed by atoms with Crippen molar-refractivity contribution in [2.45, 2.75) is 12.8 Å². The third-order valence-corrected chi connectivity index (χ3v) is 2.65. The fourth-order valence-electron chi connectivity index (χ4n) is 1.63. The Kier molecular flexibility index (Phi) is 3.51. The third-order valence-electron chi connectivity index (χ3n) is 2.65. The molecular formula is C11H15NO5. The van der Waals surface area contributed by atoms with Gasteiger partial charge in [-0.2, -0.15) is 0 Å². The van der Waals surface area contributed by atoms with Crippen LogP contribution in [0.1, 0.15) is 12.8 Å². The first kappa shape index (κ1) is 11.8. The van der Waals surface area contributed by atoms with Crippen LogP contribution in [0.15, 0.2) is 12.0 Å². The molecule has 0 radical (unpaired) electrons. The highest BCUT2D eigenvalue weighted by Gasteiger charge is 2.30. The molecule has 0 aromatic heterocycles. The molecule has 1 saturated carbocycles. The highest BCUT2D eigenvalue weighted by Crippen LogP contribution is 2.30. The van der Waals surface area contributed by atoms with E-state index in [0.717, 1.165) is 12.8 Å². The van der Waals surface area contributed by atoms with E-state index in [4.69, 9.17) is 14.6 Å². The number of aliphatic carboxylic acids is 1. The Morgan fingerprint density at radius 3 is 2.71 bits per heavy atom. The van der Waals surface area contributed by atoms with Gasteiger partial charge in [-0.1, -0.05) is 0 Å². The van der Waals surface area contributed by atoms with E-state index in [1.807, 2.05) is 0 Å². The van der Waals surface area contributed by atoms with Crippen LogP contribution in [0.5, 0.6) is 0 Å². The average Bonchev–Trinajstić information content (AvgIpc) is 3.12. The van der Waals surface area contributed by atoms with Gasteiger partial charge in [-0.05, 0) is 18.8 Å². The molecule has 94 valence electrons. The third kappa shape index (κ3) is 3.37. The van der Waals surface area contributed by atoms with Crippen LogP contribution in [0.2, 0.25) is 0 Å². The van der Waals surface area contributed by atoms with Gasteiger partial charge in [-0.25, -0.2) is 0 Å². The summed E-state index contributed by atoms with van der Waals surface area (Å²) >= 11 is 0. The fourth-order valence-corrected chi connectivity index (χ4v) is 1.63. The van der Waals surface area contributed by atoms with Gasteiger partial charge in [0.25, 0.3) is 5.91 Å². The summed E-state index contributed by atoms with van der Waals surface area (Å²) in [5.74, 6) is -0.892. The van der Waals surface area contributed by atoms with E-state index in [-0.39, 0.29) is 12.3 Å². The molecule has 2 rings (SSSR count). The first-order valence-corrected chi connectivity index (χ1v) is 5.62. The van der Waals surface area contributed by atoms with Crippen molar-refractivity contribution in [1.82, 2.24) is 4.90 Å². The quantitative estimate of drug-likeness (QED) is 0.744. The molecule has 0 bridgehead atoms. The predicted octanol–water partition coefficient (Wildman–Crippen LogP) is 0.198. The van der Waals surface area contributed by atoms with Gasteiger partial charge in [0.1, 0.15) is 26.0 Å². The highest BCUT2D eigenvalue weighted by atomic mass is 16.6. The molecule has 17 heavy (non-hydrogen) atoms. The normalized spacial score (nSPS) is 18.7. The molecular weight excluding hydrogens is 226 g/mol. The van der Waals surface area contributed by atoms with Crippen molar-refractivity contribution in [3.05, 3.63) is 12.0 Å². The van der Waals surface area contributed by atoms with Crippen LogP contribution in [0, 0.1) is 5.92 Å². The van der Waals surface area contributed by atoms with Crippen LogP contribution in [-0.4, -0.2) is 48.2 Å². The largest absolute Gasteiger partial charge is 0.494 e. The Labute approximate surface area is 98.8 Å². The number of hydrogen-bond donors (Lipinski definition) is 1. The number of amides is 1. The molecule has 0 unspecified atom stereocenters. The zero-order valence-corrected chi connectivity index (χ0v) is 9.42. The highest BCUT2D eigenvalue weighted by molar-refractivity contribution is 5.93. The van der Waals surface area contributed by atoms with Crippen molar-refractivity contribution in [2.75, 3.05) is 26.3 Å². The van der Waals surface area contributed by atoms with Gasteiger partial charge >= 0.3 is 5.97 Å². The lowest BCUT2D eigenvalue weighted by molar-refractivity contribution is -0.144. The van der Waals surface area contributed by atoms with E-state index in [9.17, 15) is 9.59 Å². The number of carboxylic acid groups (broad SMARTS) is 1. The molecule has 0 aromatic carbocycles. The lowest BCUT2D eigenvalue weighted by atomic mass is 10.3. The molecule has 6 nitrogen and oxygen atoms in total. The predicted molar refractivity (Wildman–Crippen MR) is 56.9 cm³/mol. The zero-order valence-electron chi connectivity index (χ0n) is 9.42. The first-order chi connectivity index (χ1) is 8.16. The summed E-state index contributed by atoms with van der Waals surface area (Å²) in [5, 5.41) is 8.78. The molecule has 0 aromatic rings. The number of ether oxygens (including phenoxy) is 2. The van der Waals surface area contributed by atoms with Crippen molar-refractivity contribution in [2.24, 2.45) is 5.92 Å². The Morgan fingerprint density at radius 2 is 2.18 bits per heavy atom. The van der Waals surface area contributed by atoms with Crippen LogP contribution in [0.25, 0.3) is 0 Å². The number of rotatable bonds is 5. The molecule has 1 fully saturated rings. The maximum absolute atomic E-state index is 12.0. The summed E-state index contributed by atoms with van der Waals surface area (Å²) in [6.45, 7) is 0.919. The zero-order chi connectivity index (χ0) is 12.3. The van der Waals surface area contributed by atoms with E-state index >= 15 is 0 Å². The smallest absolute Gasteiger partial charge is 0.323 e. The van der Waals surface area contributed by atoms with Gasteiger partial charge in [0.15, 0.2) is 0 Å². The van der Waals surface area contributed by atoms with Crippen LogP contribution in [0.3, 0.4) is 0 Å². The number of carboxylic acids is 1. The minimum atomic E-state index is -1.02. The van der Waals surface area contributed by atoms with Crippen molar-refractivity contribution in [1.29, 1.82) is 0 Å². The molecule has 6 heteroatoms. The number of hydrogen-bond acceptors (Lipinski definition) is 4. The topological polar surface area (TPSA) is 76.1 Å². The van der Waals surface area contributed by atoms with E-state index in [1.165, 1.54) is 11.2 Å². The monoisotopic (exact) mass is 241 g/mol. The number of nitrogens with zero attached hydrogens (tertiary/aromatic N) is 1. The van der Waals surface area contributed by atoms with Gasteiger partial charge in [0.2, 0.25) is 5.76 Å². The van der Waals surface area contributed by atoms with Crippen molar-refractivity contribution < 1.29 is 24.2 Å². The second kappa shape index (κ2) is 5.07. The minimum Gasteiger partial charge on any atom is -0.494 e. The van der Waals surface area contributed by atoms with Gasteiger partial charge < -0.3 is 19.5 Å². The fraction of sp³-hybridized carbons (Fsp3) is 0.636. The molecule has 1 heterocycles. The number of carbonyl (C=O) groups is 2. The maximum Gasteiger partial charge on any atom is 0.323 e. The molecule has 1 aliphatic carbocycles. The lowest BCUT2D eigenvalue weighted by Gasteiger charge is -2.23. The second-order valence-electron chi connectivity index (χ2n) is 4.22. The second-order valence-corrected chi connectivity index (χ2v) is 4.22. The van der Waals surface area contributed by atoms with Crippen LogP contribution in [0.4, 0.5) is 0 Å². The summed E-state index contributed by atoms with van der Waals surface area (Å²) in [6.07, 6.45) is 3.37. The standard InChI is InChI=1S/C11H15NO5/c13-10(14)6-12(5-8-1-2-8)11(15)9-7-16-3-4-17-9/h7-8H,1-6H2,(H,13,14). The Morgan fingerprint density at radius 1 is 1.41 bits per heavy atom. The summed E-state index contributed by atoms with van der Waals surface area (Å²) in [4.78, 5) is 24.0. The SMILES string of the molecule is O=C(O)CN(CC1CC1)C(=O)C1=COCCO1. The first-order valence-electron chi connectivity index (χ1n) is 5.62. The van der Waals surface area contributed by atoms with Gasteiger partial charge in [-0.15, -0.1) is 0 Å². The van der Waals surface area contributed by atoms with Gasteiger partial charge in [-0.3, -0.25) is 9.59 Å². The Balaban J connectivity index is 1.99. The molecule has 1 N–H and O–H groups in total. The summed E-state index contributed by atoms with van der Waals surface area (Å²) in [5.41, 5.74) is 0.